The Morgan fingerprint density at radius 3 is 2.38 bits per heavy atom. The number of fused-ring (bicyclic) bond motifs is 3. The zero-order valence-electron chi connectivity index (χ0n) is 45.0. The van der Waals surface area contributed by atoms with Crippen LogP contribution in [-0.2, 0) is 43.4 Å². The largest absolute Gasteiger partial charge is 0.485 e. The molecule has 79 heavy (non-hydrogen) atoms. The molecule has 0 unspecified atom stereocenters. The second-order valence-corrected chi connectivity index (χ2v) is 22.5. The summed E-state index contributed by atoms with van der Waals surface area (Å²) in [7, 11) is -4.09. The van der Waals surface area contributed by atoms with Crippen LogP contribution in [0.5, 0.6) is 5.75 Å². The Hall–Kier alpha value is -8.42. The van der Waals surface area contributed by atoms with Crippen molar-refractivity contribution in [3.8, 4) is 5.75 Å². The van der Waals surface area contributed by atoms with Gasteiger partial charge in [-0.05, 0) is 98.5 Å². The van der Waals surface area contributed by atoms with Crippen LogP contribution in [0.4, 0.5) is 23.0 Å². The Bertz CT molecular complexity index is 3640. The van der Waals surface area contributed by atoms with Crippen LogP contribution < -0.4 is 31.6 Å². The lowest BCUT2D eigenvalue weighted by Crippen LogP contribution is -2.42. The fourth-order valence-electron chi connectivity index (χ4n) is 10.5. The number of amides is 1. The average Bonchev–Trinajstić information content (AvgIpc) is 3.94. The van der Waals surface area contributed by atoms with Gasteiger partial charge in [0.05, 0.1) is 29.6 Å². The number of nitrogens with zero attached hydrogens (tertiary/aromatic N) is 5. The first-order valence-corrected chi connectivity index (χ1v) is 28.1. The van der Waals surface area contributed by atoms with Gasteiger partial charge in [0.1, 0.15) is 24.9 Å². The minimum Gasteiger partial charge on any atom is -0.485 e. The first-order valence-electron chi connectivity index (χ1n) is 26.5. The summed E-state index contributed by atoms with van der Waals surface area (Å²) >= 11 is 0. The van der Waals surface area contributed by atoms with E-state index in [1.54, 1.807) is 48.5 Å². The topological polar surface area (TPSA) is 255 Å². The maximum absolute atomic E-state index is 13.4. The molecule has 18 nitrogen and oxygen atoms in total. The number of rotatable bonds is 22. The molecule has 0 fully saturated rings. The second-order valence-electron chi connectivity index (χ2n) is 21.0. The van der Waals surface area contributed by atoms with Crippen LogP contribution in [0.2, 0.25) is 0 Å². The molecule has 0 spiro atoms. The lowest BCUT2D eigenvalue weighted by atomic mass is 9.81. The number of nitrogens with two attached hydrogens (primary N) is 1. The quantitative estimate of drug-likeness (QED) is 0.0211. The summed E-state index contributed by atoms with van der Waals surface area (Å²) in [6.45, 7) is 12.9. The molecule has 3 aliphatic heterocycles. The smallest absolute Gasteiger partial charge is 0.326 e. The number of aromatic nitrogens is 4. The Balaban J connectivity index is 0.952. The molecule has 1 atom stereocenters. The number of H-pyrrole nitrogens is 1. The van der Waals surface area contributed by atoms with Gasteiger partial charge in [0, 0.05) is 70.7 Å². The number of carboxylic acid groups (broad SMARTS) is 1. The Labute approximate surface area is 459 Å². The maximum Gasteiger partial charge on any atom is 0.326 e. The fraction of sp³-hybridized carbons (Fsp3) is 0.317. The third kappa shape index (κ3) is 12.5. The van der Waals surface area contributed by atoms with E-state index in [-0.39, 0.29) is 53.4 Å². The van der Waals surface area contributed by atoms with Crippen molar-refractivity contribution in [1.82, 2.24) is 25.3 Å². The van der Waals surface area contributed by atoms with Crippen molar-refractivity contribution in [3.05, 3.63) is 189 Å². The summed E-state index contributed by atoms with van der Waals surface area (Å²) in [5.74, 6) is -0.594. The van der Waals surface area contributed by atoms with Gasteiger partial charge in [-0.2, -0.15) is 18.0 Å². The van der Waals surface area contributed by atoms with Crippen LogP contribution in [0.15, 0.2) is 155 Å². The van der Waals surface area contributed by atoms with Crippen molar-refractivity contribution >= 4 is 61.9 Å². The molecule has 9 rings (SSSR count). The van der Waals surface area contributed by atoms with Crippen molar-refractivity contribution in [3.63, 3.8) is 0 Å². The molecule has 0 aliphatic carbocycles. The number of nitrogens with one attached hydrogen (secondary N) is 3. The number of para-hydroxylation sites is 2. The summed E-state index contributed by atoms with van der Waals surface area (Å²) in [5, 5.41) is 16.1. The number of carbonyl (C=O) groups excluding carboxylic acids is 1. The predicted octanol–water partition coefficient (Wildman–Crippen LogP) is 9.05. The summed E-state index contributed by atoms with van der Waals surface area (Å²) in [4.78, 5) is 55.6. The highest BCUT2D eigenvalue weighted by Gasteiger charge is 2.44. The molecule has 3 aliphatic rings. The lowest BCUT2D eigenvalue weighted by Gasteiger charge is -2.27. The van der Waals surface area contributed by atoms with E-state index >= 15 is 0 Å². The maximum atomic E-state index is 13.4. The molecular formula is C60H66N9O9S+. The molecule has 4 aromatic carbocycles. The molecule has 7 N–H and O–H groups in total. The van der Waals surface area contributed by atoms with Gasteiger partial charge in [-0.25, -0.2) is 14.8 Å². The van der Waals surface area contributed by atoms with E-state index in [9.17, 15) is 32.5 Å². The molecule has 0 bridgehead atoms. The Morgan fingerprint density at radius 2 is 1.65 bits per heavy atom. The number of allylic oxidation sites excluding steroid dienone is 4. The molecule has 5 heterocycles. The minimum atomic E-state index is -4.09. The molecular weight excluding hydrogens is 1020 g/mol. The molecule has 0 saturated heterocycles. The van der Waals surface area contributed by atoms with Crippen LogP contribution >= 0.6 is 0 Å². The summed E-state index contributed by atoms with van der Waals surface area (Å²) in [6.07, 6.45) is 13.8. The van der Waals surface area contributed by atoms with Crippen molar-refractivity contribution < 1.29 is 41.7 Å². The van der Waals surface area contributed by atoms with Gasteiger partial charge in [0.25, 0.3) is 21.6 Å². The number of aromatic amines is 1. The third-order valence-corrected chi connectivity index (χ3v) is 15.4. The summed E-state index contributed by atoms with van der Waals surface area (Å²) < 4.78 is 48.1. The molecule has 1 amide bonds. The number of benzene rings is 4. The average molecular weight is 1090 g/mol. The van der Waals surface area contributed by atoms with Crippen LogP contribution in [-0.4, -0.2) is 91.7 Å². The van der Waals surface area contributed by atoms with Crippen molar-refractivity contribution in [2.45, 2.75) is 96.6 Å². The number of anilines is 3. The second kappa shape index (κ2) is 23.3. The number of carboxylic acids is 1. The van der Waals surface area contributed by atoms with Gasteiger partial charge in [0.15, 0.2) is 28.4 Å². The number of aliphatic carboxylic acids is 1. The molecule has 19 heteroatoms. The van der Waals surface area contributed by atoms with Gasteiger partial charge in [-0.3, -0.25) is 19.1 Å². The number of ether oxygens (including phenoxy) is 2. The summed E-state index contributed by atoms with van der Waals surface area (Å²) in [6, 6.07) is 29.1. The van der Waals surface area contributed by atoms with E-state index < -0.39 is 39.0 Å². The van der Waals surface area contributed by atoms with E-state index in [0.717, 1.165) is 54.0 Å². The van der Waals surface area contributed by atoms with Crippen molar-refractivity contribution in [2.75, 3.05) is 41.4 Å². The number of hydrogen-bond donors (Lipinski definition) is 6. The van der Waals surface area contributed by atoms with Crippen molar-refractivity contribution in [2.24, 2.45) is 0 Å². The van der Waals surface area contributed by atoms with Crippen molar-refractivity contribution in [1.29, 1.82) is 0 Å². The third-order valence-electron chi connectivity index (χ3n) is 14.6. The number of carbonyl (C=O) groups is 2. The standard InChI is InChI=1S/C60H65N9O9S/c1-6-7-12-31-68-47-17-10-9-16-45(47)60(4,5)51(68)30-28-49-53(40(37-77-49)23-29-50-59(2,3)44-15-8-11-18-48(44)69(50)32-13-14-33-79(74,75)76)78-43-26-19-38(20-27-43)34-46(57(72)73)65-55(70)39-21-24-41(25-22-39)62-35-42-36-63-54-52(64-42)56(71)67-58(61)66-54/h8-11,15-30,36,46H,6-7,12-14,31-35,37H2,1-5H3,(H6-,61,62,63,65,66,67,70,71,72,73,74,75,76)/p+1/t46-/m0/s1. The zero-order valence-corrected chi connectivity index (χ0v) is 45.8. The Kier molecular flexibility index (Phi) is 16.3. The van der Waals surface area contributed by atoms with E-state index in [1.807, 2.05) is 24.3 Å². The molecule has 0 saturated carbocycles. The first kappa shape index (κ1) is 55.3. The molecule has 410 valence electrons. The SMILES string of the molecule is CCCCCN1C(=CC=C2OCC(C=CC3=[N+](CCCCS(=O)(=O)O)c4ccccc4C3(C)C)=C2Oc2ccc(C[C@H](NC(=O)c3ccc(NCc4cnc5nc(N)[nH]c(=O)c5n4)cc3)C(=O)O)cc2)C(C)(C)c2ccccc21. The van der Waals surface area contributed by atoms with Gasteiger partial charge in [-0.15, -0.1) is 0 Å². The van der Waals surface area contributed by atoms with E-state index in [0.29, 0.717) is 53.6 Å². The van der Waals surface area contributed by atoms with Crippen LogP contribution in [0.3, 0.4) is 0 Å². The minimum absolute atomic E-state index is 0.00667. The highest BCUT2D eigenvalue weighted by molar-refractivity contribution is 7.85. The molecule has 6 aromatic rings. The molecule has 0 radical (unpaired) electrons. The summed E-state index contributed by atoms with van der Waals surface area (Å²) in [5.41, 5.74) is 14.2. The highest BCUT2D eigenvalue weighted by Crippen LogP contribution is 2.48. The normalized spacial score (nSPS) is 16.9. The highest BCUT2D eigenvalue weighted by atomic mass is 32.2. The van der Waals surface area contributed by atoms with E-state index in [2.05, 4.69) is 123 Å². The molecule has 2 aromatic heterocycles. The first-order chi connectivity index (χ1) is 37.8. The lowest BCUT2D eigenvalue weighted by molar-refractivity contribution is -0.438. The van der Waals surface area contributed by atoms with Crippen LogP contribution in [0.25, 0.3) is 11.2 Å². The van der Waals surface area contributed by atoms with E-state index in [1.165, 1.54) is 17.4 Å². The number of nitrogen functional groups attached to an aromatic ring is 1. The Morgan fingerprint density at radius 1 is 0.911 bits per heavy atom. The van der Waals surface area contributed by atoms with Gasteiger partial charge >= 0.3 is 5.97 Å². The van der Waals surface area contributed by atoms with Gasteiger partial charge in [0.2, 0.25) is 11.6 Å². The zero-order chi connectivity index (χ0) is 56.1. The van der Waals surface area contributed by atoms with Crippen LogP contribution in [0.1, 0.15) is 99.5 Å². The monoisotopic (exact) mass is 1090 g/mol. The van der Waals surface area contributed by atoms with E-state index in [4.69, 9.17) is 15.2 Å². The number of hydrogen-bond acceptors (Lipinski definition) is 13. The predicted molar refractivity (Wildman–Crippen MR) is 305 cm³/mol. The fourth-order valence-corrected chi connectivity index (χ4v) is 11.0. The van der Waals surface area contributed by atoms with Crippen LogP contribution in [0, 0.1) is 0 Å². The van der Waals surface area contributed by atoms with Gasteiger partial charge in [-0.1, -0.05) is 82.1 Å². The number of unbranched alkanes of at least 4 members (excludes halogenated alkanes) is 3. The van der Waals surface area contributed by atoms with Gasteiger partial charge < -0.3 is 35.8 Å².